The largest absolute Gasteiger partial charge is 0.394 e. The first-order valence-corrected chi connectivity index (χ1v) is 4.28. The highest BCUT2D eigenvalue weighted by Crippen LogP contribution is 2.28. The molecule has 2 rings (SSSR count). The minimum Gasteiger partial charge on any atom is -0.394 e. The summed E-state index contributed by atoms with van der Waals surface area (Å²) in [7, 11) is 0. The fraction of sp³-hybridized carbons (Fsp3) is 0.714. The molecular weight excluding hydrogens is 188 g/mol. The molecule has 0 aromatic carbocycles. The molecule has 0 unspecified atom stereocenters. The molecule has 1 aromatic rings. The number of aromatic nitrogens is 3. The minimum absolute atomic E-state index is 0.296. The number of nitrogens with two attached hydrogens (primary N) is 1. The lowest BCUT2D eigenvalue weighted by Crippen LogP contribution is -2.48. The number of nitrogens with zero attached hydrogens (tertiary/aromatic N) is 3. The van der Waals surface area contributed by atoms with Gasteiger partial charge in [-0.05, 0) is 0 Å². The second kappa shape index (κ2) is 3.28. The number of rotatable bonds is 1. The Balaban J connectivity index is 2.44. The van der Waals surface area contributed by atoms with Crippen molar-refractivity contribution in [1.29, 1.82) is 0 Å². The summed E-state index contributed by atoms with van der Waals surface area (Å²) in [4.78, 5) is 0. The Morgan fingerprint density at radius 1 is 1.43 bits per heavy atom. The Labute approximate surface area is 79.8 Å². The lowest BCUT2D eigenvalue weighted by Gasteiger charge is -2.35. The summed E-state index contributed by atoms with van der Waals surface area (Å²) in [5, 5.41) is 35.5. The first-order chi connectivity index (χ1) is 6.66. The maximum Gasteiger partial charge on any atom is 0.152 e. The molecule has 4 atom stereocenters. The van der Waals surface area contributed by atoms with Crippen molar-refractivity contribution in [2.45, 2.75) is 24.3 Å². The molecule has 1 aromatic heterocycles. The van der Waals surface area contributed by atoms with Crippen LogP contribution in [0.5, 0.6) is 0 Å². The highest BCUT2D eigenvalue weighted by atomic mass is 16.3. The Bertz CT molecular complexity index is 328. The van der Waals surface area contributed by atoms with Gasteiger partial charge in [0.2, 0.25) is 0 Å². The maximum absolute atomic E-state index is 9.61. The fourth-order valence-electron chi connectivity index (χ4n) is 1.70. The van der Waals surface area contributed by atoms with Gasteiger partial charge in [-0.3, -0.25) is 0 Å². The Morgan fingerprint density at radius 3 is 2.79 bits per heavy atom. The molecule has 5 N–H and O–H groups in total. The predicted molar refractivity (Wildman–Crippen MR) is 45.1 cm³/mol. The monoisotopic (exact) mass is 200 g/mol. The molecule has 0 bridgehead atoms. The summed E-state index contributed by atoms with van der Waals surface area (Å²) in [6.07, 6.45) is -0.840. The molecule has 0 fully saturated rings. The molecule has 0 saturated heterocycles. The third-order valence-corrected chi connectivity index (χ3v) is 2.56. The van der Waals surface area contributed by atoms with E-state index in [-0.39, 0.29) is 6.61 Å². The quantitative estimate of drug-likeness (QED) is 0.399. The third kappa shape index (κ3) is 1.14. The van der Waals surface area contributed by atoms with Crippen LogP contribution in [0.2, 0.25) is 0 Å². The van der Waals surface area contributed by atoms with Gasteiger partial charge in [-0.25, -0.2) is 0 Å². The van der Waals surface area contributed by atoms with Gasteiger partial charge in [-0.2, -0.15) is 0 Å². The van der Waals surface area contributed by atoms with Gasteiger partial charge in [0.05, 0.1) is 18.7 Å². The lowest BCUT2D eigenvalue weighted by molar-refractivity contribution is -0.0565. The van der Waals surface area contributed by atoms with Crippen molar-refractivity contribution in [2.75, 3.05) is 6.61 Å². The summed E-state index contributed by atoms with van der Waals surface area (Å²) in [5.41, 5.74) is 5.63. The number of aliphatic hydroxyl groups excluding tert-OH is 3. The highest BCUT2D eigenvalue weighted by molar-refractivity contribution is 5.07. The third-order valence-electron chi connectivity index (χ3n) is 2.56. The molecule has 78 valence electrons. The average Bonchev–Trinajstić information content (AvgIpc) is 2.64. The summed E-state index contributed by atoms with van der Waals surface area (Å²) < 4.78 is 1.49. The Kier molecular flexibility index (Phi) is 2.23. The maximum atomic E-state index is 9.61. The molecule has 1 aliphatic rings. The topological polar surface area (TPSA) is 117 Å². The van der Waals surface area contributed by atoms with E-state index in [4.69, 9.17) is 10.8 Å². The SMILES string of the molecule is N[C@H]1c2nncn2[C@H](CO)[C@@H](O)[C@@H]1O. The number of hydrogen-bond donors (Lipinski definition) is 4. The standard InChI is InChI=1S/C7H12N4O3/c8-4-6(14)5(13)3(1-12)11-2-9-10-7(4)11/h2-6,12-14H,1,8H2/t3-,4-,5-,6-/m1/s1. The van der Waals surface area contributed by atoms with Crippen LogP contribution in [-0.2, 0) is 0 Å². The van der Waals surface area contributed by atoms with E-state index >= 15 is 0 Å². The molecule has 0 aliphatic carbocycles. The molecule has 7 nitrogen and oxygen atoms in total. The van der Waals surface area contributed by atoms with Crippen LogP contribution in [0.1, 0.15) is 17.9 Å². The molecule has 7 heteroatoms. The normalized spacial score (nSPS) is 36.9. The molecule has 14 heavy (non-hydrogen) atoms. The van der Waals surface area contributed by atoms with Crippen LogP contribution in [0.4, 0.5) is 0 Å². The van der Waals surface area contributed by atoms with Crippen LogP contribution in [-0.4, -0.2) is 48.9 Å². The van der Waals surface area contributed by atoms with Gasteiger partial charge >= 0.3 is 0 Å². The van der Waals surface area contributed by atoms with Crippen molar-refractivity contribution in [3.8, 4) is 0 Å². The van der Waals surface area contributed by atoms with Crippen LogP contribution in [0.25, 0.3) is 0 Å². The molecule has 0 amide bonds. The molecule has 2 heterocycles. The number of fused-ring (bicyclic) bond motifs is 1. The zero-order valence-corrected chi connectivity index (χ0v) is 7.35. The first kappa shape index (κ1) is 9.53. The van der Waals surface area contributed by atoms with Gasteiger partial charge in [0.15, 0.2) is 5.82 Å². The van der Waals surface area contributed by atoms with E-state index in [0.717, 1.165) is 0 Å². The van der Waals surface area contributed by atoms with Crippen molar-refractivity contribution in [2.24, 2.45) is 5.73 Å². The number of hydrogen-bond acceptors (Lipinski definition) is 6. The van der Waals surface area contributed by atoms with Gasteiger partial charge in [0, 0.05) is 0 Å². The zero-order chi connectivity index (χ0) is 10.3. The van der Waals surface area contributed by atoms with Crippen LogP contribution in [0, 0.1) is 0 Å². The fourth-order valence-corrected chi connectivity index (χ4v) is 1.70. The van der Waals surface area contributed by atoms with Crippen LogP contribution >= 0.6 is 0 Å². The lowest BCUT2D eigenvalue weighted by atomic mass is 9.95. The Hall–Kier alpha value is -1.02. The molecule has 0 radical (unpaired) electrons. The number of aliphatic hydroxyl groups is 3. The van der Waals surface area contributed by atoms with Crippen LogP contribution < -0.4 is 5.73 Å². The Morgan fingerprint density at radius 2 is 2.14 bits per heavy atom. The van der Waals surface area contributed by atoms with Gasteiger partial charge in [-0.15, -0.1) is 10.2 Å². The molecule has 0 saturated carbocycles. The summed E-state index contributed by atoms with van der Waals surface area (Å²) in [5.74, 6) is 0.377. The second-order valence-electron chi connectivity index (χ2n) is 3.35. The van der Waals surface area contributed by atoms with Crippen molar-refractivity contribution in [3.05, 3.63) is 12.2 Å². The van der Waals surface area contributed by atoms with E-state index in [9.17, 15) is 10.2 Å². The van der Waals surface area contributed by atoms with Gasteiger partial charge in [0.1, 0.15) is 18.5 Å². The smallest absolute Gasteiger partial charge is 0.152 e. The molecular formula is C7H12N4O3. The van der Waals surface area contributed by atoms with Crippen LogP contribution in [0.15, 0.2) is 6.33 Å². The van der Waals surface area contributed by atoms with E-state index in [0.29, 0.717) is 5.82 Å². The molecule has 0 spiro atoms. The summed E-state index contributed by atoms with van der Waals surface area (Å²) in [6, 6.07) is -1.40. The van der Waals surface area contributed by atoms with E-state index in [1.54, 1.807) is 0 Å². The zero-order valence-electron chi connectivity index (χ0n) is 7.35. The van der Waals surface area contributed by atoms with Crippen molar-refractivity contribution in [1.82, 2.24) is 14.8 Å². The highest BCUT2D eigenvalue weighted by Gasteiger charge is 2.40. The second-order valence-corrected chi connectivity index (χ2v) is 3.35. The van der Waals surface area contributed by atoms with E-state index in [1.165, 1.54) is 10.9 Å². The predicted octanol–water partition coefficient (Wildman–Crippen LogP) is -2.45. The summed E-state index contributed by atoms with van der Waals surface area (Å²) >= 11 is 0. The first-order valence-electron chi connectivity index (χ1n) is 4.28. The van der Waals surface area contributed by atoms with Gasteiger partial charge in [-0.1, -0.05) is 0 Å². The van der Waals surface area contributed by atoms with Crippen molar-refractivity contribution < 1.29 is 15.3 Å². The van der Waals surface area contributed by atoms with Gasteiger partial charge < -0.3 is 25.6 Å². The molecule has 1 aliphatic heterocycles. The van der Waals surface area contributed by atoms with E-state index in [2.05, 4.69) is 10.2 Å². The van der Waals surface area contributed by atoms with Gasteiger partial charge in [0.25, 0.3) is 0 Å². The average molecular weight is 200 g/mol. The van der Waals surface area contributed by atoms with E-state index in [1.807, 2.05) is 0 Å². The summed E-state index contributed by atoms with van der Waals surface area (Å²) in [6.45, 7) is -0.296. The van der Waals surface area contributed by atoms with Crippen LogP contribution in [0.3, 0.4) is 0 Å². The minimum atomic E-state index is -1.12. The van der Waals surface area contributed by atoms with Crippen molar-refractivity contribution >= 4 is 0 Å². The van der Waals surface area contributed by atoms with Crippen molar-refractivity contribution in [3.63, 3.8) is 0 Å². The van der Waals surface area contributed by atoms with E-state index < -0.39 is 24.3 Å².